The Balaban J connectivity index is 2.03. The Morgan fingerprint density at radius 1 is 1.42 bits per heavy atom. The maximum Gasteiger partial charge on any atom is 0.310 e. The molecule has 5 heteroatoms. The highest BCUT2D eigenvalue weighted by Crippen LogP contribution is 2.32. The van der Waals surface area contributed by atoms with E-state index in [0.717, 1.165) is 22.3 Å². The lowest BCUT2D eigenvalue weighted by Gasteiger charge is -2.39. The Labute approximate surface area is 109 Å². The summed E-state index contributed by atoms with van der Waals surface area (Å²) in [4.78, 5) is 17.2. The minimum absolute atomic E-state index is 0.310. The van der Waals surface area contributed by atoms with Gasteiger partial charge in [-0.05, 0) is 31.2 Å². The first-order valence-electron chi connectivity index (χ1n) is 6.09. The van der Waals surface area contributed by atoms with Crippen LogP contribution in [0.5, 0.6) is 0 Å². The first kappa shape index (κ1) is 11.9. The van der Waals surface area contributed by atoms with Crippen molar-refractivity contribution >= 4 is 22.6 Å². The van der Waals surface area contributed by atoms with Crippen LogP contribution in [-0.2, 0) is 4.79 Å². The second-order valence-corrected chi connectivity index (χ2v) is 4.88. The third kappa shape index (κ3) is 2.01. The van der Waals surface area contributed by atoms with E-state index >= 15 is 0 Å². The van der Waals surface area contributed by atoms with Gasteiger partial charge in [0.1, 0.15) is 5.82 Å². The normalized spacial score (nSPS) is 15.6. The van der Waals surface area contributed by atoms with Crippen molar-refractivity contribution in [1.29, 1.82) is 0 Å². The lowest BCUT2D eigenvalue weighted by atomic mass is 9.98. The van der Waals surface area contributed by atoms with Crippen LogP contribution >= 0.6 is 0 Å². The number of aryl methyl sites for hydroxylation is 1. The molecule has 3 rings (SSSR count). The molecule has 0 saturated carbocycles. The lowest BCUT2D eigenvalue weighted by Crippen LogP contribution is -2.50. The zero-order valence-corrected chi connectivity index (χ0v) is 10.4. The lowest BCUT2D eigenvalue weighted by molar-refractivity contribution is -0.142. The minimum atomic E-state index is -0.780. The molecule has 1 aliphatic rings. The van der Waals surface area contributed by atoms with E-state index in [2.05, 4.69) is 4.98 Å². The molecule has 0 bridgehead atoms. The maximum atomic E-state index is 13.4. The van der Waals surface area contributed by atoms with E-state index in [1.165, 1.54) is 12.1 Å². The van der Waals surface area contributed by atoms with Crippen LogP contribution in [0, 0.1) is 18.7 Å². The third-order valence-corrected chi connectivity index (χ3v) is 3.45. The molecular formula is C14H13FN2O2. The minimum Gasteiger partial charge on any atom is -0.481 e. The number of anilines is 1. The van der Waals surface area contributed by atoms with Crippen molar-refractivity contribution < 1.29 is 14.3 Å². The van der Waals surface area contributed by atoms with Gasteiger partial charge in [0.25, 0.3) is 0 Å². The molecule has 0 spiro atoms. The number of carboxylic acid groups (broad SMARTS) is 1. The summed E-state index contributed by atoms with van der Waals surface area (Å²) in [6.07, 6.45) is 0. The van der Waals surface area contributed by atoms with Gasteiger partial charge < -0.3 is 10.0 Å². The summed E-state index contributed by atoms with van der Waals surface area (Å²) in [5.74, 6) is -1.43. The van der Waals surface area contributed by atoms with Gasteiger partial charge in [0.05, 0.1) is 11.4 Å². The van der Waals surface area contributed by atoms with Crippen LogP contribution in [0.15, 0.2) is 24.3 Å². The molecular weight excluding hydrogens is 247 g/mol. The Kier molecular flexibility index (Phi) is 2.62. The molecule has 0 atom stereocenters. The molecule has 98 valence electrons. The maximum absolute atomic E-state index is 13.4. The number of hydrogen-bond donors (Lipinski definition) is 1. The number of carbonyl (C=O) groups is 1. The number of nitrogens with zero attached hydrogens (tertiary/aromatic N) is 2. The van der Waals surface area contributed by atoms with E-state index < -0.39 is 5.97 Å². The van der Waals surface area contributed by atoms with Crippen LogP contribution in [0.2, 0.25) is 0 Å². The predicted molar refractivity (Wildman–Crippen MR) is 69.8 cm³/mol. The van der Waals surface area contributed by atoms with Crippen molar-refractivity contribution in [2.24, 2.45) is 5.92 Å². The van der Waals surface area contributed by atoms with Crippen LogP contribution in [0.4, 0.5) is 10.1 Å². The molecule has 4 nitrogen and oxygen atoms in total. The Morgan fingerprint density at radius 3 is 2.84 bits per heavy atom. The average Bonchev–Trinajstić information content (AvgIpc) is 2.27. The molecule has 0 unspecified atom stereocenters. The fraction of sp³-hybridized carbons (Fsp3) is 0.286. The standard InChI is InChI=1S/C14H13FN2O2/c1-8-4-13(17-6-9(7-17)14(18)19)11-5-10(15)2-3-12(11)16-8/h2-5,9H,6-7H2,1H3,(H,18,19). The second-order valence-electron chi connectivity index (χ2n) is 4.88. The van der Waals surface area contributed by atoms with Gasteiger partial charge in [0.15, 0.2) is 0 Å². The smallest absolute Gasteiger partial charge is 0.310 e. The van der Waals surface area contributed by atoms with Crippen LogP contribution in [0.25, 0.3) is 10.9 Å². The summed E-state index contributed by atoms with van der Waals surface area (Å²) in [6.45, 7) is 2.80. The molecule has 1 aromatic carbocycles. The number of benzene rings is 1. The highest BCUT2D eigenvalue weighted by atomic mass is 19.1. The molecule has 1 N–H and O–H groups in total. The number of hydrogen-bond acceptors (Lipinski definition) is 3. The molecule has 0 aliphatic carbocycles. The van der Waals surface area contributed by atoms with Crippen LogP contribution < -0.4 is 4.90 Å². The van der Waals surface area contributed by atoms with Crippen molar-refractivity contribution in [3.05, 3.63) is 35.8 Å². The summed E-state index contributed by atoms with van der Waals surface area (Å²) >= 11 is 0. The number of halogens is 1. The van der Waals surface area contributed by atoms with Gasteiger partial charge >= 0.3 is 5.97 Å². The Bertz CT molecular complexity index is 666. The number of fused-ring (bicyclic) bond motifs is 1. The summed E-state index contributed by atoms with van der Waals surface area (Å²) in [7, 11) is 0. The summed E-state index contributed by atoms with van der Waals surface area (Å²) < 4.78 is 13.4. The molecule has 0 amide bonds. The SMILES string of the molecule is Cc1cc(N2CC(C(=O)O)C2)c2cc(F)ccc2n1. The monoisotopic (exact) mass is 260 g/mol. The summed E-state index contributed by atoms with van der Waals surface area (Å²) in [6, 6.07) is 6.36. The molecule has 19 heavy (non-hydrogen) atoms. The molecule has 1 aromatic heterocycles. The number of aliphatic carboxylic acids is 1. The predicted octanol–water partition coefficient (Wildman–Crippen LogP) is 2.20. The average molecular weight is 260 g/mol. The van der Waals surface area contributed by atoms with Gasteiger partial charge in [-0.2, -0.15) is 0 Å². The second kappa shape index (κ2) is 4.19. The largest absolute Gasteiger partial charge is 0.481 e. The molecule has 1 saturated heterocycles. The van der Waals surface area contributed by atoms with E-state index in [9.17, 15) is 9.18 Å². The first-order valence-corrected chi connectivity index (χ1v) is 6.09. The van der Waals surface area contributed by atoms with E-state index in [1.54, 1.807) is 6.07 Å². The fourth-order valence-electron chi connectivity index (χ4n) is 2.40. The van der Waals surface area contributed by atoms with Crippen LogP contribution in [0.1, 0.15) is 5.69 Å². The fourth-order valence-corrected chi connectivity index (χ4v) is 2.40. The third-order valence-electron chi connectivity index (χ3n) is 3.45. The quantitative estimate of drug-likeness (QED) is 0.899. The number of carboxylic acids is 1. The van der Waals surface area contributed by atoms with Crippen molar-refractivity contribution in [1.82, 2.24) is 4.98 Å². The van der Waals surface area contributed by atoms with Gasteiger partial charge in [-0.3, -0.25) is 9.78 Å². The number of pyridine rings is 1. The summed E-state index contributed by atoms with van der Waals surface area (Å²) in [5.41, 5.74) is 2.43. The number of rotatable bonds is 2. The topological polar surface area (TPSA) is 53.4 Å². The van der Waals surface area contributed by atoms with Crippen LogP contribution in [0.3, 0.4) is 0 Å². The van der Waals surface area contributed by atoms with Gasteiger partial charge in [-0.15, -0.1) is 0 Å². The van der Waals surface area contributed by atoms with Crippen LogP contribution in [-0.4, -0.2) is 29.1 Å². The van der Waals surface area contributed by atoms with Crippen molar-refractivity contribution in [2.75, 3.05) is 18.0 Å². The van der Waals surface area contributed by atoms with Crippen molar-refractivity contribution in [3.8, 4) is 0 Å². The van der Waals surface area contributed by atoms with Gasteiger partial charge in [-0.1, -0.05) is 0 Å². The zero-order valence-electron chi connectivity index (χ0n) is 10.4. The Hall–Kier alpha value is -2.17. The molecule has 1 fully saturated rings. The zero-order chi connectivity index (χ0) is 13.6. The number of aromatic nitrogens is 1. The first-order chi connectivity index (χ1) is 9.04. The van der Waals surface area contributed by atoms with E-state index in [-0.39, 0.29) is 11.7 Å². The molecule has 2 heterocycles. The van der Waals surface area contributed by atoms with E-state index in [0.29, 0.717) is 13.1 Å². The van der Waals surface area contributed by atoms with Gasteiger partial charge in [0, 0.05) is 29.9 Å². The molecule has 0 radical (unpaired) electrons. The van der Waals surface area contributed by atoms with E-state index in [4.69, 9.17) is 5.11 Å². The molecule has 2 aromatic rings. The molecule has 1 aliphatic heterocycles. The van der Waals surface area contributed by atoms with Crippen molar-refractivity contribution in [3.63, 3.8) is 0 Å². The highest BCUT2D eigenvalue weighted by Gasteiger charge is 2.33. The van der Waals surface area contributed by atoms with Crippen molar-refractivity contribution in [2.45, 2.75) is 6.92 Å². The highest BCUT2D eigenvalue weighted by molar-refractivity contribution is 5.93. The van der Waals surface area contributed by atoms with Gasteiger partial charge in [0.2, 0.25) is 0 Å². The van der Waals surface area contributed by atoms with Gasteiger partial charge in [-0.25, -0.2) is 4.39 Å². The summed E-state index contributed by atoms with van der Waals surface area (Å²) in [5, 5.41) is 9.64. The Morgan fingerprint density at radius 2 is 2.16 bits per heavy atom. The van der Waals surface area contributed by atoms with E-state index in [1.807, 2.05) is 17.9 Å².